The van der Waals surface area contributed by atoms with Gasteiger partial charge in [-0.15, -0.1) is 0 Å². The monoisotopic (exact) mass is 212 g/mol. The Morgan fingerprint density at radius 3 is 1.79 bits per heavy atom. The van der Waals surface area contributed by atoms with Crippen LogP contribution in [-0.2, 0) is 9.59 Å². The fraction of sp³-hybridized carbons (Fsp3) is 0.429. The fourth-order valence-electron chi connectivity index (χ4n) is 0.698. The third-order valence-corrected chi connectivity index (χ3v) is 1.41. The average molecular weight is 212 g/mol. The van der Waals surface area contributed by atoms with Gasteiger partial charge in [-0.25, -0.2) is 9.59 Å². The Morgan fingerprint density at radius 1 is 1.14 bits per heavy atom. The van der Waals surface area contributed by atoms with Crippen molar-refractivity contribution in [2.45, 2.75) is 19.5 Å². The second-order valence-electron chi connectivity index (χ2n) is 2.51. The largest absolute Gasteiger partial charge is 0.478 e. The summed E-state index contributed by atoms with van der Waals surface area (Å²) in [6.07, 6.45) is -6.48. The normalized spacial score (nSPS) is 13.4. The van der Waals surface area contributed by atoms with Crippen LogP contribution in [0.1, 0.15) is 13.3 Å². The van der Waals surface area contributed by atoms with E-state index in [2.05, 4.69) is 0 Å². The molecule has 0 radical (unpaired) electrons. The summed E-state index contributed by atoms with van der Waals surface area (Å²) >= 11 is 0. The molecule has 0 aliphatic heterocycles. The second-order valence-corrected chi connectivity index (χ2v) is 2.51. The highest BCUT2D eigenvalue weighted by molar-refractivity contribution is 5.98. The zero-order valence-corrected chi connectivity index (χ0v) is 7.05. The van der Waals surface area contributed by atoms with Crippen molar-refractivity contribution < 1.29 is 33.0 Å². The summed E-state index contributed by atoms with van der Waals surface area (Å²) in [6.45, 7) is 0.817. The highest BCUT2D eigenvalue weighted by Crippen LogP contribution is 2.26. The van der Waals surface area contributed by atoms with Gasteiger partial charge in [0.25, 0.3) is 0 Å². The second kappa shape index (κ2) is 4.12. The van der Waals surface area contributed by atoms with Crippen molar-refractivity contribution in [3.8, 4) is 0 Å². The van der Waals surface area contributed by atoms with Crippen LogP contribution < -0.4 is 0 Å². The quantitative estimate of drug-likeness (QED) is 0.694. The van der Waals surface area contributed by atoms with Gasteiger partial charge < -0.3 is 10.2 Å². The Bertz CT molecular complexity index is 290. The van der Waals surface area contributed by atoms with Crippen molar-refractivity contribution in [1.29, 1.82) is 0 Å². The number of carboxylic acids is 2. The maximum Gasteiger partial charge on any atom is 0.393 e. The number of carbonyl (C=O) groups is 2. The van der Waals surface area contributed by atoms with Crippen LogP contribution in [0.5, 0.6) is 0 Å². The Morgan fingerprint density at radius 2 is 1.57 bits per heavy atom. The van der Waals surface area contributed by atoms with Gasteiger partial charge in [-0.2, -0.15) is 13.2 Å². The maximum atomic E-state index is 11.8. The van der Waals surface area contributed by atoms with E-state index in [9.17, 15) is 22.8 Å². The molecule has 0 aromatic rings. The number of carboxylic acid groups (broad SMARTS) is 2. The summed E-state index contributed by atoms with van der Waals surface area (Å²) in [4.78, 5) is 20.5. The molecule has 0 unspecified atom stereocenters. The molecular weight excluding hydrogens is 205 g/mol. The van der Waals surface area contributed by atoms with Crippen molar-refractivity contribution in [2.75, 3.05) is 0 Å². The van der Waals surface area contributed by atoms with Crippen LogP contribution in [0, 0.1) is 0 Å². The summed E-state index contributed by atoms with van der Waals surface area (Å²) in [5.41, 5.74) is -1.96. The molecule has 0 fully saturated rings. The lowest BCUT2D eigenvalue weighted by Crippen LogP contribution is -2.17. The third-order valence-electron chi connectivity index (χ3n) is 1.41. The van der Waals surface area contributed by atoms with Gasteiger partial charge >= 0.3 is 18.1 Å². The number of alkyl halides is 3. The highest BCUT2D eigenvalue weighted by atomic mass is 19.4. The molecule has 0 aliphatic carbocycles. The predicted molar refractivity (Wildman–Crippen MR) is 38.6 cm³/mol. The van der Waals surface area contributed by atoms with Crippen LogP contribution >= 0.6 is 0 Å². The first kappa shape index (κ1) is 12.5. The van der Waals surface area contributed by atoms with Gasteiger partial charge in [-0.3, -0.25) is 0 Å². The van der Waals surface area contributed by atoms with Crippen molar-refractivity contribution in [3.05, 3.63) is 11.1 Å². The number of hydrogen-bond acceptors (Lipinski definition) is 2. The molecule has 0 spiro atoms. The predicted octanol–water partition coefficient (Wildman–Crippen LogP) is 1.42. The van der Waals surface area contributed by atoms with Crippen molar-refractivity contribution in [3.63, 3.8) is 0 Å². The van der Waals surface area contributed by atoms with Gasteiger partial charge in [-0.1, -0.05) is 0 Å². The first-order valence-electron chi connectivity index (χ1n) is 3.38. The molecule has 80 valence electrons. The molecule has 0 aromatic carbocycles. The van der Waals surface area contributed by atoms with E-state index in [1.807, 2.05) is 0 Å². The average Bonchev–Trinajstić information content (AvgIpc) is 1.96. The number of halogens is 3. The van der Waals surface area contributed by atoms with E-state index in [-0.39, 0.29) is 0 Å². The van der Waals surface area contributed by atoms with Gasteiger partial charge in [-0.05, 0) is 6.92 Å². The SMILES string of the molecule is CC(C(=O)O)=C(CC(F)(F)F)C(=O)O. The minimum Gasteiger partial charge on any atom is -0.478 e. The Kier molecular flexibility index (Phi) is 3.67. The van der Waals surface area contributed by atoms with Crippen LogP contribution in [0.2, 0.25) is 0 Å². The van der Waals surface area contributed by atoms with Crippen LogP contribution in [0.25, 0.3) is 0 Å². The molecule has 4 nitrogen and oxygen atoms in total. The minimum atomic E-state index is -4.73. The van der Waals surface area contributed by atoms with Gasteiger partial charge in [0.15, 0.2) is 0 Å². The highest BCUT2D eigenvalue weighted by Gasteiger charge is 2.33. The summed E-state index contributed by atoms with van der Waals surface area (Å²) in [6, 6.07) is 0. The van der Waals surface area contributed by atoms with Gasteiger partial charge in [0, 0.05) is 5.57 Å². The first-order valence-corrected chi connectivity index (χ1v) is 3.38. The molecule has 0 rings (SSSR count). The molecule has 7 heteroatoms. The zero-order chi connectivity index (χ0) is 11.5. The molecule has 0 aliphatic rings. The summed E-state index contributed by atoms with van der Waals surface area (Å²) < 4.78 is 35.4. The lowest BCUT2D eigenvalue weighted by molar-refractivity contribution is -0.144. The van der Waals surface area contributed by atoms with Crippen LogP contribution in [0.4, 0.5) is 13.2 Å². The number of rotatable bonds is 3. The number of aliphatic carboxylic acids is 2. The number of hydrogen-bond donors (Lipinski definition) is 2. The first-order chi connectivity index (χ1) is 6.15. The van der Waals surface area contributed by atoms with E-state index in [0.717, 1.165) is 6.92 Å². The molecule has 14 heavy (non-hydrogen) atoms. The minimum absolute atomic E-state index is 0.810. The van der Waals surface area contributed by atoms with Crippen molar-refractivity contribution in [2.24, 2.45) is 0 Å². The Hall–Kier alpha value is -1.53. The molecule has 0 saturated heterocycles. The zero-order valence-electron chi connectivity index (χ0n) is 7.05. The molecule has 2 N–H and O–H groups in total. The van der Waals surface area contributed by atoms with Gasteiger partial charge in [0.1, 0.15) is 0 Å². The van der Waals surface area contributed by atoms with E-state index in [1.165, 1.54) is 0 Å². The van der Waals surface area contributed by atoms with Crippen molar-refractivity contribution in [1.82, 2.24) is 0 Å². The Balaban J connectivity index is 5.07. The van der Waals surface area contributed by atoms with E-state index >= 15 is 0 Å². The van der Waals surface area contributed by atoms with E-state index in [1.54, 1.807) is 0 Å². The molecular formula is C7H7F3O4. The van der Waals surface area contributed by atoms with Crippen LogP contribution in [0.15, 0.2) is 11.1 Å². The van der Waals surface area contributed by atoms with Crippen LogP contribution in [-0.4, -0.2) is 28.3 Å². The maximum absolute atomic E-state index is 11.8. The summed E-state index contributed by atoms with van der Waals surface area (Å²) in [7, 11) is 0. The van der Waals surface area contributed by atoms with Gasteiger partial charge in [0.2, 0.25) is 0 Å². The fourth-order valence-corrected chi connectivity index (χ4v) is 0.698. The topological polar surface area (TPSA) is 74.6 Å². The molecule has 0 aromatic heterocycles. The molecule has 0 bridgehead atoms. The molecule has 0 saturated carbocycles. The molecule has 0 heterocycles. The van der Waals surface area contributed by atoms with E-state index < -0.39 is 35.7 Å². The molecule has 0 atom stereocenters. The van der Waals surface area contributed by atoms with Crippen LogP contribution in [0.3, 0.4) is 0 Å². The smallest absolute Gasteiger partial charge is 0.393 e. The summed E-state index contributed by atoms with van der Waals surface area (Å²) in [5, 5.41) is 16.6. The molecule has 0 amide bonds. The summed E-state index contributed by atoms with van der Waals surface area (Å²) in [5.74, 6) is -3.55. The van der Waals surface area contributed by atoms with Gasteiger partial charge in [0.05, 0.1) is 12.0 Å². The Labute approximate surface area is 76.6 Å². The lowest BCUT2D eigenvalue weighted by atomic mass is 10.1. The third kappa shape index (κ3) is 3.92. The lowest BCUT2D eigenvalue weighted by Gasteiger charge is -2.08. The standard InChI is InChI=1S/C7H7F3O4/c1-3(5(11)12)4(6(13)14)2-7(8,9)10/h2H2,1H3,(H,11,12)(H,13,14). The van der Waals surface area contributed by atoms with E-state index in [4.69, 9.17) is 10.2 Å². The van der Waals surface area contributed by atoms with Crippen molar-refractivity contribution >= 4 is 11.9 Å². The van der Waals surface area contributed by atoms with E-state index in [0.29, 0.717) is 0 Å².